The zero-order valence-corrected chi connectivity index (χ0v) is 19.3. The molecule has 1 aliphatic rings. The van der Waals surface area contributed by atoms with Crippen LogP contribution < -0.4 is 4.74 Å². The molecule has 1 nitrogen and oxygen atoms in total. The van der Waals surface area contributed by atoms with Crippen LogP contribution in [-0.4, -0.2) is 14.0 Å². The summed E-state index contributed by atoms with van der Waals surface area (Å²) in [5.74, 6) is 2.47. The summed E-state index contributed by atoms with van der Waals surface area (Å²) in [6.45, 7) is 5.33. The quantitative estimate of drug-likeness (QED) is 0.203. The predicted molar refractivity (Wildman–Crippen MR) is 119 cm³/mol. The third kappa shape index (κ3) is 7.09. The second-order valence-corrected chi connectivity index (χ2v) is 13.0. The molecule has 0 unspecified atom stereocenters. The van der Waals surface area contributed by atoms with Crippen molar-refractivity contribution in [3.63, 3.8) is 0 Å². The topological polar surface area (TPSA) is 9.23 Å². The van der Waals surface area contributed by atoms with Crippen LogP contribution in [0.4, 0.5) is 0 Å². The summed E-state index contributed by atoms with van der Waals surface area (Å²) in [6, 6.07) is 7.98. The molecule has 1 fully saturated rings. The third-order valence-corrected chi connectivity index (χ3v) is 7.80. The van der Waals surface area contributed by atoms with Crippen LogP contribution in [0, 0.1) is 0 Å². The van der Waals surface area contributed by atoms with Gasteiger partial charge in [-0.15, -0.1) is 0 Å². The van der Waals surface area contributed by atoms with Gasteiger partial charge in [0.15, 0.2) is 0 Å². The Morgan fingerprint density at radius 3 is 2.38 bits per heavy atom. The first-order chi connectivity index (χ1) is 12.7. The highest BCUT2D eigenvalue weighted by Crippen LogP contribution is 2.40. The van der Waals surface area contributed by atoms with E-state index in [-0.39, 0.29) is 0 Å². The molecule has 4 heteroatoms. The molecule has 0 aromatic heterocycles. The molecule has 0 radical (unpaired) electrons. The molecular formula is C22H36Cl2OSi. The Hall–Kier alpha value is -0.183. The van der Waals surface area contributed by atoms with Crippen molar-refractivity contribution >= 4 is 29.6 Å². The Labute approximate surface area is 171 Å². The summed E-state index contributed by atoms with van der Waals surface area (Å²) in [5.41, 5.74) is 2.99. The standard InChI is InChI=1S/C22H36Cl2OSi/c1-3-9-18(10-4-2)20-13-14-22(25-15-8-16-26(23)24)21(17-20)19-11-6-5-7-12-19/h13-14,17-19,26H,3-12,15-16H2,1-2H3. The summed E-state index contributed by atoms with van der Waals surface area (Å²) in [5, 5.41) is 0. The van der Waals surface area contributed by atoms with Gasteiger partial charge in [-0.05, 0) is 67.2 Å². The average molecular weight is 416 g/mol. The van der Waals surface area contributed by atoms with Crippen LogP contribution in [0.25, 0.3) is 0 Å². The van der Waals surface area contributed by atoms with Crippen LogP contribution in [0.1, 0.15) is 101 Å². The first-order valence-electron chi connectivity index (χ1n) is 10.7. The Bertz CT molecular complexity index is 509. The lowest BCUT2D eigenvalue weighted by Gasteiger charge is -2.26. The molecule has 1 aliphatic carbocycles. The molecule has 0 N–H and O–H groups in total. The van der Waals surface area contributed by atoms with Crippen molar-refractivity contribution in [2.45, 2.75) is 95.9 Å². The molecular weight excluding hydrogens is 379 g/mol. The van der Waals surface area contributed by atoms with Crippen LogP contribution in [0.5, 0.6) is 5.75 Å². The lowest BCUT2D eigenvalue weighted by Crippen LogP contribution is -2.10. The minimum Gasteiger partial charge on any atom is -0.493 e. The fourth-order valence-corrected chi connectivity index (χ4v) is 5.68. The SMILES string of the molecule is CCCC(CCC)c1ccc(OCCC[SiH](Cl)Cl)c(C2CCCCC2)c1. The van der Waals surface area contributed by atoms with Gasteiger partial charge in [-0.2, -0.15) is 22.2 Å². The van der Waals surface area contributed by atoms with Crippen LogP contribution in [0.3, 0.4) is 0 Å². The van der Waals surface area contributed by atoms with E-state index in [1.807, 2.05) is 0 Å². The molecule has 1 aromatic carbocycles. The second kappa shape index (κ2) is 12.3. The van der Waals surface area contributed by atoms with E-state index in [0.29, 0.717) is 11.8 Å². The van der Waals surface area contributed by atoms with Gasteiger partial charge in [0.25, 0.3) is 0 Å². The van der Waals surface area contributed by atoms with E-state index < -0.39 is 7.42 Å². The van der Waals surface area contributed by atoms with E-state index in [2.05, 4.69) is 32.0 Å². The number of hydrogen-bond acceptors (Lipinski definition) is 1. The summed E-state index contributed by atoms with van der Waals surface area (Å²) in [4.78, 5) is 0. The number of halogens is 2. The average Bonchev–Trinajstić information content (AvgIpc) is 2.66. The minimum absolute atomic E-state index is 0.672. The first kappa shape index (κ1) is 22.1. The van der Waals surface area contributed by atoms with Gasteiger partial charge in [-0.3, -0.25) is 0 Å². The van der Waals surface area contributed by atoms with Crippen molar-refractivity contribution in [3.05, 3.63) is 29.3 Å². The summed E-state index contributed by atoms with van der Waals surface area (Å²) in [6.07, 6.45) is 12.8. The van der Waals surface area contributed by atoms with E-state index in [1.165, 1.54) is 68.9 Å². The fourth-order valence-electron chi connectivity index (χ4n) is 4.28. The van der Waals surface area contributed by atoms with E-state index >= 15 is 0 Å². The van der Waals surface area contributed by atoms with Gasteiger partial charge < -0.3 is 4.74 Å². The molecule has 1 saturated carbocycles. The molecule has 0 spiro atoms. The molecule has 0 heterocycles. The van der Waals surface area contributed by atoms with E-state index in [9.17, 15) is 0 Å². The highest BCUT2D eigenvalue weighted by molar-refractivity contribution is 7.33. The van der Waals surface area contributed by atoms with Crippen molar-refractivity contribution in [1.29, 1.82) is 0 Å². The van der Waals surface area contributed by atoms with Gasteiger partial charge >= 0.3 is 0 Å². The number of hydrogen-bond donors (Lipinski definition) is 0. The Kier molecular flexibility index (Phi) is 10.5. The maximum absolute atomic E-state index is 6.20. The smallest absolute Gasteiger partial charge is 0.237 e. The van der Waals surface area contributed by atoms with Crippen LogP contribution >= 0.6 is 22.2 Å². The van der Waals surface area contributed by atoms with Gasteiger partial charge in [0, 0.05) is 0 Å². The van der Waals surface area contributed by atoms with E-state index in [1.54, 1.807) is 0 Å². The van der Waals surface area contributed by atoms with Gasteiger partial charge in [0.2, 0.25) is 7.42 Å². The van der Waals surface area contributed by atoms with E-state index in [4.69, 9.17) is 26.9 Å². The normalized spacial score (nSPS) is 15.8. The van der Waals surface area contributed by atoms with Crippen molar-refractivity contribution < 1.29 is 4.74 Å². The zero-order valence-electron chi connectivity index (χ0n) is 16.6. The molecule has 148 valence electrons. The molecule has 0 aliphatic heterocycles. The van der Waals surface area contributed by atoms with Gasteiger partial charge in [-0.1, -0.05) is 58.1 Å². The molecule has 0 atom stereocenters. The number of rotatable bonds is 11. The van der Waals surface area contributed by atoms with Crippen molar-refractivity contribution in [3.8, 4) is 5.75 Å². The molecule has 0 saturated heterocycles. The molecule has 0 amide bonds. The lowest BCUT2D eigenvalue weighted by atomic mass is 9.81. The van der Waals surface area contributed by atoms with Gasteiger partial charge in [0.1, 0.15) is 5.75 Å². The fraction of sp³-hybridized carbons (Fsp3) is 0.727. The third-order valence-electron chi connectivity index (χ3n) is 5.65. The second-order valence-electron chi connectivity index (χ2n) is 7.79. The van der Waals surface area contributed by atoms with Gasteiger partial charge in [0.05, 0.1) is 6.61 Å². The maximum atomic E-state index is 6.20. The van der Waals surface area contributed by atoms with Crippen LogP contribution in [0.2, 0.25) is 6.04 Å². The maximum Gasteiger partial charge on any atom is 0.237 e. The lowest BCUT2D eigenvalue weighted by molar-refractivity contribution is 0.307. The molecule has 1 aromatic rings. The molecule has 0 bridgehead atoms. The number of ether oxygens (including phenoxy) is 1. The summed E-state index contributed by atoms with van der Waals surface area (Å²) < 4.78 is 6.20. The highest BCUT2D eigenvalue weighted by Gasteiger charge is 2.21. The van der Waals surface area contributed by atoms with Crippen molar-refractivity contribution in [1.82, 2.24) is 0 Å². The van der Waals surface area contributed by atoms with Crippen molar-refractivity contribution in [2.24, 2.45) is 0 Å². The first-order valence-corrected chi connectivity index (χ1v) is 15.0. The summed E-state index contributed by atoms with van der Waals surface area (Å²) >= 11 is 12.0. The number of benzene rings is 1. The van der Waals surface area contributed by atoms with Crippen LogP contribution in [-0.2, 0) is 0 Å². The zero-order chi connectivity index (χ0) is 18.8. The largest absolute Gasteiger partial charge is 0.493 e. The Balaban J connectivity index is 2.16. The Morgan fingerprint density at radius 1 is 1.08 bits per heavy atom. The summed E-state index contributed by atoms with van der Waals surface area (Å²) in [7, 11) is -1.51. The molecule has 26 heavy (non-hydrogen) atoms. The van der Waals surface area contributed by atoms with Crippen molar-refractivity contribution in [2.75, 3.05) is 6.61 Å². The minimum atomic E-state index is -1.51. The van der Waals surface area contributed by atoms with Crippen LogP contribution in [0.15, 0.2) is 18.2 Å². The molecule has 2 rings (SSSR count). The van der Waals surface area contributed by atoms with E-state index in [0.717, 1.165) is 24.8 Å². The predicted octanol–water partition coefficient (Wildman–Crippen LogP) is 7.89. The monoisotopic (exact) mass is 414 g/mol. The highest BCUT2D eigenvalue weighted by atomic mass is 35.7. The Morgan fingerprint density at radius 2 is 1.77 bits per heavy atom. The van der Waals surface area contributed by atoms with Gasteiger partial charge in [-0.25, -0.2) is 0 Å².